The first-order valence-electron chi connectivity index (χ1n) is 5.05. The smallest absolute Gasteiger partial charge is 0.0208 e. The summed E-state index contributed by atoms with van der Waals surface area (Å²) in [4.78, 5) is 0. The lowest BCUT2D eigenvalue weighted by molar-refractivity contribution is 0.351. The van der Waals surface area contributed by atoms with E-state index in [1.807, 2.05) is 0 Å². The lowest BCUT2D eigenvalue weighted by atomic mass is 9.86. The molecule has 0 aliphatic heterocycles. The van der Waals surface area contributed by atoms with E-state index in [-0.39, 0.29) is 0 Å². The molecule has 0 N–H and O–H groups in total. The van der Waals surface area contributed by atoms with Gasteiger partial charge in [0.05, 0.1) is 0 Å². The molecule has 0 aromatic heterocycles. The molecule has 0 nitrogen and oxygen atoms in total. The fraction of sp³-hybridized carbons (Fsp3) is 0.818. The molecule has 1 aliphatic rings. The van der Waals surface area contributed by atoms with Crippen molar-refractivity contribution >= 4 is 0 Å². The van der Waals surface area contributed by atoms with Gasteiger partial charge < -0.3 is 0 Å². The van der Waals surface area contributed by atoms with Gasteiger partial charge in [0.25, 0.3) is 0 Å². The van der Waals surface area contributed by atoms with Crippen LogP contribution in [0.15, 0.2) is 12.2 Å². The highest BCUT2D eigenvalue weighted by molar-refractivity contribution is 4.93. The van der Waals surface area contributed by atoms with Crippen LogP contribution in [0.25, 0.3) is 0 Å². The molecule has 0 saturated heterocycles. The maximum atomic E-state index is 2.45. The van der Waals surface area contributed by atoms with Crippen LogP contribution in [0, 0.1) is 11.8 Å². The highest BCUT2D eigenvalue weighted by Gasteiger charge is 2.16. The van der Waals surface area contributed by atoms with Crippen molar-refractivity contribution in [1.82, 2.24) is 0 Å². The normalized spacial score (nSPS) is 31.8. The second-order valence-corrected chi connectivity index (χ2v) is 3.60. The van der Waals surface area contributed by atoms with Crippen LogP contribution in [-0.2, 0) is 0 Å². The predicted octanol–water partition coefficient (Wildman–Crippen LogP) is 3.78. The summed E-state index contributed by atoms with van der Waals surface area (Å²) in [6.07, 6.45) is 11.7. The van der Waals surface area contributed by atoms with E-state index in [1.54, 1.807) is 0 Å². The van der Waals surface area contributed by atoms with E-state index in [2.05, 4.69) is 26.0 Å². The summed E-state index contributed by atoms with van der Waals surface area (Å²) in [6.45, 7) is 4.63. The number of hydrogen-bond acceptors (Lipinski definition) is 0. The minimum atomic E-state index is 0.877. The number of rotatable bonds is 2. The Kier molecular flexibility index (Phi) is 3.68. The van der Waals surface area contributed by atoms with Crippen LogP contribution in [0.2, 0.25) is 0 Å². The van der Waals surface area contributed by atoms with Gasteiger partial charge in [0.15, 0.2) is 0 Å². The average Bonchev–Trinajstić information content (AvgIpc) is 2.27. The molecule has 2 atom stereocenters. The van der Waals surface area contributed by atoms with Crippen LogP contribution in [0.4, 0.5) is 0 Å². The Morgan fingerprint density at radius 3 is 2.73 bits per heavy atom. The van der Waals surface area contributed by atoms with Crippen molar-refractivity contribution in [3.63, 3.8) is 0 Å². The van der Waals surface area contributed by atoms with Crippen LogP contribution < -0.4 is 0 Å². The van der Waals surface area contributed by atoms with Crippen LogP contribution in [0.3, 0.4) is 0 Å². The van der Waals surface area contributed by atoms with Crippen molar-refractivity contribution in [2.45, 2.75) is 46.0 Å². The van der Waals surface area contributed by atoms with E-state index < -0.39 is 0 Å². The SMILES string of the molecule is CCC1C=CCCCC1CC. The second-order valence-electron chi connectivity index (χ2n) is 3.60. The standard InChI is InChI=1S/C11H20/c1-3-10-8-6-5-7-9-11(10)4-2/h6,8,10-11H,3-5,7,9H2,1-2H3. The maximum Gasteiger partial charge on any atom is -0.0208 e. The van der Waals surface area contributed by atoms with Crippen molar-refractivity contribution in [3.05, 3.63) is 12.2 Å². The molecule has 11 heavy (non-hydrogen) atoms. The maximum absolute atomic E-state index is 2.45. The van der Waals surface area contributed by atoms with Crippen LogP contribution >= 0.6 is 0 Å². The zero-order valence-corrected chi connectivity index (χ0v) is 7.84. The van der Waals surface area contributed by atoms with E-state index in [4.69, 9.17) is 0 Å². The number of hydrogen-bond donors (Lipinski definition) is 0. The van der Waals surface area contributed by atoms with Crippen molar-refractivity contribution in [2.24, 2.45) is 11.8 Å². The lowest BCUT2D eigenvalue weighted by Gasteiger charge is -2.19. The largest absolute Gasteiger partial charge is 0.0882 e. The Morgan fingerprint density at radius 2 is 2.09 bits per heavy atom. The minimum Gasteiger partial charge on any atom is -0.0882 e. The van der Waals surface area contributed by atoms with Gasteiger partial charge in [-0.05, 0) is 37.5 Å². The fourth-order valence-corrected chi connectivity index (χ4v) is 2.12. The molecular formula is C11H20. The molecule has 0 radical (unpaired) electrons. The Labute approximate surface area is 70.7 Å². The first-order chi connectivity index (χ1) is 5.38. The van der Waals surface area contributed by atoms with Crippen LogP contribution in [0.5, 0.6) is 0 Å². The Bertz CT molecular complexity index is 124. The van der Waals surface area contributed by atoms with E-state index >= 15 is 0 Å². The second kappa shape index (κ2) is 4.58. The molecule has 0 aromatic rings. The van der Waals surface area contributed by atoms with E-state index in [1.165, 1.54) is 32.1 Å². The highest BCUT2D eigenvalue weighted by Crippen LogP contribution is 2.28. The Hall–Kier alpha value is -0.260. The summed E-state index contributed by atoms with van der Waals surface area (Å²) in [5.41, 5.74) is 0. The van der Waals surface area contributed by atoms with Gasteiger partial charge in [-0.2, -0.15) is 0 Å². The zero-order valence-electron chi connectivity index (χ0n) is 7.84. The van der Waals surface area contributed by atoms with Crippen molar-refractivity contribution in [1.29, 1.82) is 0 Å². The highest BCUT2D eigenvalue weighted by atomic mass is 14.2. The molecule has 64 valence electrons. The van der Waals surface area contributed by atoms with Crippen molar-refractivity contribution < 1.29 is 0 Å². The van der Waals surface area contributed by atoms with Crippen LogP contribution in [-0.4, -0.2) is 0 Å². The molecule has 1 aliphatic carbocycles. The van der Waals surface area contributed by atoms with Crippen molar-refractivity contribution in [3.8, 4) is 0 Å². The summed E-state index contributed by atoms with van der Waals surface area (Å²) >= 11 is 0. The minimum absolute atomic E-state index is 0.877. The van der Waals surface area contributed by atoms with Crippen molar-refractivity contribution in [2.75, 3.05) is 0 Å². The third-order valence-corrected chi connectivity index (χ3v) is 2.93. The third kappa shape index (κ3) is 2.36. The topological polar surface area (TPSA) is 0 Å². The van der Waals surface area contributed by atoms with Gasteiger partial charge in [-0.15, -0.1) is 0 Å². The molecular weight excluding hydrogens is 132 g/mol. The summed E-state index contributed by atoms with van der Waals surface area (Å²) in [5.74, 6) is 1.85. The molecule has 0 spiro atoms. The van der Waals surface area contributed by atoms with Gasteiger partial charge >= 0.3 is 0 Å². The van der Waals surface area contributed by atoms with Gasteiger partial charge in [-0.25, -0.2) is 0 Å². The fourth-order valence-electron chi connectivity index (χ4n) is 2.12. The van der Waals surface area contributed by atoms with Gasteiger partial charge in [0.1, 0.15) is 0 Å². The predicted molar refractivity (Wildman–Crippen MR) is 50.6 cm³/mol. The third-order valence-electron chi connectivity index (χ3n) is 2.93. The lowest BCUT2D eigenvalue weighted by Crippen LogP contribution is -2.09. The van der Waals surface area contributed by atoms with E-state index in [0.717, 1.165) is 11.8 Å². The van der Waals surface area contributed by atoms with Gasteiger partial charge in [0, 0.05) is 0 Å². The van der Waals surface area contributed by atoms with Gasteiger partial charge in [-0.1, -0.05) is 32.4 Å². The average molecular weight is 152 g/mol. The summed E-state index contributed by atoms with van der Waals surface area (Å²) < 4.78 is 0. The first kappa shape index (κ1) is 8.83. The molecule has 0 fully saturated rings. The Morgan fingerprint density at radius 1 is 1.27 bits per heavy atom. The quantitative estimate of drug-likeness (QED) is 0.528. The van der Waals surface area contributed by atoms with E-state index in [0.29, 0.717) is 0 Å². The molecule has 0 saturated carbocycles. The monoisotopic (exact) mass is 152 g/mol. The van der Waals surface area contributed by atoms with Gasteiger partial charge in [-0.3, -0.25) is 0 Å². The summed E-state index contributed by atoms with van der Waals surface area (Å²) in [5, 5.41) is 0. The van der Waals surface area contributed by atoms with Crippen LogP contribution in [0.1, 0.15) is 46.0 Å². The molecule has 2 unspecified atom stereocenters. The molecule has 0 bridgehead atoms. The molecule has 0 aromatic carbocycles. The molecule has 0 amide bonds. The first-order valence-corrected chi connectivity index (χ1v) is 5.05. The van der Waals surface area contributed by atoms with E-state index in [9.17, 15) is 0 Å². The zero-order chi connectivity index (χ0) is 8.10. The summed E-state index contributed by atoms with van der Waals surface area (Å²) in [6, 6.07) is 0. The molecule has 1 rings (SSSR count). The molecule has 0 heterocycles. The number of allylic oxidation sites excluding steroid dienone is 2. The summed E-state index contributed by atoms with van der Waals surface area (Å²) in [7, 11) is 0. The van der Waals surface area contributed by atoms with Gasteiger partial charge in [0.2, 0.25) is 0 Å². The Balaban J connectivity index is 2.51. The molecule has 0 heteroatoms.